The van der Waals surface area contributed by atoms with Crippen molar-refractivity contribution in [1.29, 1.82) is 0 Å². The van der Waals surface area contributed by atoms with Gasteiger partial charge in [-0.05, 0) is 36.2 Å². The van der Waals surface area contributed by atoms with Gasteiger partial charge in [0.1, 0.15) is 0 Å². The number of nitrogens with two attached hydrogens (primary N) is 1. The van der Waals surface area contributed by atoms with E-state index in [0.29, 0.717) is 0 Å². The Bertz CT molecular complexity index is 1070. The number of para-hydroxylation sites is 2. The summed E-state index contributed by atoms with van der Waals surface area (Å²) in [5, 5.41) is 6.35. The number of aromatic amines is 1. The maximum absolute atomic E-state index is 12.6. The second kappa shape index (κ2) is 8.76. The van der Waals surface area contributed by atoms with Gasteiger partial charge in [-0.3, -0.25) is 4.79 Å². The first-order valence-corrected chi connectivity index (χ1v) is 10.0. The zero-order valence-electron chi connectivity index (χ0n) is 16.5. The number of fused-ring (bicyclic) bond motifs is 1. The minimum Gasteiger partial charge on any atom is -0.361 e. The number of hydrogen-bond acceptors (Lipinski definition) is 1. The fourth-order valence-electron chi connectivity index (χ4n) is 3.74. The summed E-state index contributed by atoms with van der Waals surface area (Å²) in [7, 11) is 0. The number of hydrogen-bond donors (Lipinski definition) is 3. The Labute approximate surface area is 171 Å². The van der Waals surface area contributed by atoms with E-state index in [1.54, 1.807) is 0 Å². The summed E-state index contributed by atoms with van der Waals surface area (Å²) >= 11 is 0. The van der Waals surface area contributed by atoms with Gasteiger partial charge in [0.2, 0.25) is 0 Å². The Morgan fingerprint density at radius 3 is 2.34 bits per heavy atom. The molecule has 0 unspecified atom stereocenters. The Kier molecular flexibility index (Phi) is 5.73. The number of rotatable bonds is 7. The SMILES string of the molecule is C[C@H]([NH2+]C[C@H](c1ccccc1)c1c[nH]c2ccccc12)C(=O)Nc1ccccc1. The predicted molar refractivity (Wildman–Crippen MR) is 118 cm³/mol. The van der Waals surface area contributed by atoms with E-state index in [1.807, 2.05) is 49.4 Å². The largest absolute Gasteiger partial charge is 0.361 e. The molecule has 0 aliphatic carbocycles. The lowest BCUT2D eigenvalue weighted by atomic mass is 9.90. The zero-order valence-corrected chi connectivity index (χ0v) is 16.5. The lowest BCUT2D eigenvalue weighted by Crippen LogP contribution is -2.92. The van der Waals surface area contributed by atoms with Crippen LogP contribution in [0.4, 0.5) is 5.69 Å². The van der Waals surface area contributed by atoms with Gasteiger partial charge in [-0.2, -0.15) is 0 Å². The molecule has 29 heavy (non-hydrogen) atoms. The molecule has 3 aromatic carbocycles. The molecule has 4 heteroatoms. The van der Waals surface area contributed by atoms with Crippen molar-refractivity contribution >= 4 is 22.5 Å². The van der Waals surface area contributed by atoms with E-state index in [0.717, 1.165) is 17.7 Å². The quantitative estimate of drug-likeness (QED) is 0.445. The highest BCUT2D eigenvalue weighted by atomic mass is 16.2. The van der Waals surface area contributed by atoms with Crippen molar-refractivity contribution in [3.8, 4) is 0 Å². The maximum Gasteiger partial charge on any atom is 0.282 e. The fourth-order valence-corrected chi connectivity index (χ4v) is 3.74. The van der Waals surface area contributed by atoms with E-state index in [-0.39, 0.29) is 17.9 Å². The van der Waals surface area contributed by atoms with Gasteiger partial charge in [0, 0.05) is 22.8 Å². The van der Waals surface area contributed by atoms with Crippen LogP contribution in [0.15, 0.2) is 91.1 Å². The molecule has 0 saturated carbocycles. The first-order valence-electron chi connectivity index (χ1n) is 10.0. The lowest BCUT2D eigenvalue weighted by molar-refractivity contribution is -0.674. The number of carbonyl (C=O) groups is 1. The van der Waals surface area contributed by atoms with Crippen molar-refractivity contribution in [3.05, 3.63) is 102 Å². The highest BCUT2D eigenvalue weighted by Gasteiger charge is 2.23. The van der Waals surface area contributed by atoms with Crippen molar-refractivity contribution in [2.75, 3.05) is 11.9 Å². The smallest absolute Gasteiger partial charge is 0.282 e. The van der Waals surface area contributed by atoms with E-state index < -0.39 is 0 Å². The van der Waals surface area contributed by atoms with Crippen molar-refractivity contribution in [3.63, 3.8) is 0 Å². The third-order valence-electron chi connectivity index (χ3n) is 5.38. The second-order valence-corrected chi connectivity index (χ2v) is 7.37. The van der Waals surface area contributed by atoms with Crippen LogP contribution in [0, 0.1) is 0 Å². The summed E-state index contributed by atoms with van der Waals surface area (Å²) in [6, 6.07) is 28.3. The molecular weight excluding hydrogens is 358 g/mol. The summed E-state index contributed by atoms with van der Waals surface area (Å²) < 4.78 is 0. The average molecular weight is 385 g/mol. The monoisotopic (exact) mass is 384 g/mol. The van der Waals surface area contributed by atoms with Gasteiger partial charge in [0.15, 0.2) is 6.04 Å². The molecule has 1 heterocycles. The minimum atomic E-state index is -0.188. The van der Waals surface area contributed by atoms with E-state index in [1.165, 1.54) is 16.5 Å². The van der Waals surface area contributed by atoms with Crippen LogP contribution in [-0.4, -0.2) is 23.5 Å². The van der Waals surface area contributed by atoms with Crippen molar-refractivity contribution in [2.45, 2.75) is 18.9 Å². The van der Waals surface area contributed by atoms with Gasteiger partial charge in [0.05, 0.1) is 12.5 Å². The molecule has 0 bridgehead atoms. The molecule has 2 atom stereocenters. The molecule has 0 aliphatic heterocycles. The van der Waals surface area contributed by atoms with Crippen LogP contribution < -0.4 is 10.6 Å². The Morgan fingerprint density at radius 1 is 0.931 bits per heavy atom. The third kappa shape index (κ3) is 4.39. The molecule has 1 amide bonds. The van der Waals surface area contributed by atoms with Crippen LogP contribution in [0.1, 0.15) is 24.0 Å². The standard InChI is InChI=1S/C25H25N3O/c1-18(25(29)28-20-12-6-3-7-13-20)26-16-22(19-10-4-2-5-11-19)23-17-27-24-15-9-8-14-21(23)24/h2-15,17-18,22,26-27H,16H2,1H3,(H,28,29)/p+1/t18-,22+/m0/s1. The van der Waals surface area contributed by atoms with Crippen LogP contribution >= 0.6 is 0 Å². The molecule has 146 valence electrons. The van der Waals surface area contributed by atoms with Gasteiger partial charge >= 0.3 is 0 Å². The number of amides is 1. The minimum absolute atomic E-state index is 0.0157. The molecule has 4 rings (SSSR count). The van der Waals surface area contributed by atoms with E-state index in [9.17, 15) is 4.79 Å². The second-order valence-electron chi connectivity index (χ2n) is 7.37. The zero-order chi connectivity index (χ0) is 20.1. The summed E-state index contributed by atoms with van der Waals surface area (Å²) in [5.74, 6) is 0.210. The molecule has 0 radical (unpaired) electrons. The Morgan fingerprint density at radius 2 is 1.59 bits per heavy atom. The van der Waals surface area contributed by atoms with E-state index in [2.05, 4.69) is 64.3 Å². The van der Waals surface area contributed by atoms with E-state index in [4.69, 9.17) is 0 Å². The first kappa shape index (κ1) is 19.0. The summed E-state index contributed by atoms with van der Waals surface area (Å²) in [6.45, 7) is 2.74. The number of aromatic nitrogens is 1. The van der Waals surface area contributed by atoms with Crippen molar-refractivity contribution in [1.82, 2.24) is 4.98 Å². The number of benzene rings is 3. The summed E-state index contributed by atoms with van der Waals surface area (Å²) in [6.07, 6.45) is 2.10. The van der Waals surface area contributed by atoms with Gasteiger partial charge in [-0.25, -0.2) is 0 Å². The molecule has 0 aliphatic rings. The Balaban J connectivity index is 1.53. The van der Waals surface area contributed by atoms with Crippen LogP contribution in [0.25, 0.3) is 10.9 Å². The summed E-state index contributed by atoms with van der Waals surface area (Å²) in [4.78, 5) is 16.0. The van der Waals surface area contributed by atoms with Crippen LogP contribution in [0.3, 0.4) is 0 Å². The number of carbonyl (C=O) groups excluding carboxylic acids is 1. The first-order chi connectivity index (χ1) is 14.2. The molecule has 4 aromatic rings. The Hall–Kier alpha value is -3.37. The van der Waals surface area contributed by atoms with Gasteiger partial charge < -0.3 is 15.6 Å². The molecule has 0 fully saturated rings. The molecule has 4 N–H and O–H groups in total. The highest BCUT2D eigenvalue weighted by molar-refractivity contribution is 5.93. The van der Waals surface area contributed by atoms with Gasteiger partial charge in [0.25, 0.3) is 5.91 Å². The number of nitrogens with one attached hydrogen (secondary N) is 2. The number of H-pyrrole nitrogens is 1. The predicted octanol–water partition coefficient (Wildman–Crippen LogP) is 3.89. The summed E-state index contributed by atoms with van der Waals surface area (Å²) in [5.41, 5.74) is 4.48. The molecule has 4 nitrogen and oxygen atoms in total. The topological polar surface area (TPSA) is 61.5 Å². The number of quaternary nitrogens is 1. The third-order valence-corrected chi connectivity index (χ3v) is 5.38. The van der Waals surface area contributed by atoms with Crippen LogP contribution in [-0.2, 0) is 4.79 Å². The van der Waals surface area contributed by atoms with Gasteiger partial charge in [-0.1, -0.05) is 66.7 Å². The van der Waals surface area contributed by atoms with E-state index >= 15 is 0 Å². The van der Waals surface area contributed by atoms with Crippen LogP contribution in [0.5, 0.6) is 0 Å². The van der Waals surface area contributed by atoms with Crippen LogP contribution in [0.2, 0.25) is 0 Å². The average Bonchev–Trinajstić information content (AvgIpc) is 3.19. The maximum atomic E-state index is 12.6. The number of anilines is 1. The molecule has 1 aromatic heterocycles. The molecule has 0 spiro atoms. The van der Waals surface area contributed by atoms with Crippen molar-refractivity contribution < 1.29 is 10.1 Å². The normalized spacial score (nSPS) is 13.1. The fraction of sp³-hybridized carbons (Fsp3) is 0.160. The van der Waals surface area contributed by atoms with Gasteiger partial charge in [-0.15, -0.1) is 0 Å². The molecular formula is C25H26N3O+. The lowest BCUT2D eigenvalue weighted by Gasteiger charge is -2.19. The highest BCUT2D eigenvalue weighted by Crippen LogP contribution is 2.29. The van der Waals surface area contributed by atoms with Crippen molar-refractivity contribution in [2.24, 2.45) is 0 Å². The molecule has 0 saturated heterocycles.